The number of amidine groups is 1. The van der Waals surface area contributed by atoms with Gasteiger partial charge in [0, 0.05) is 41.1 Å². The summed E-state index contributed by atoms with van der Waals surface area (Å²) in [6.45, 7) is 23.2. The topological polar surface area (TPSA) is 429 Å². The van der Waals surface area contributed by atoms with Gasteiger partial charge < -0.3 is 35.5 Å². The normalized spacial score (nSPS) is 12.9. The zero-order chi connectivity index (χ0) is 75.1. The van der Waals surface area contributed by atoms with Crippen molar-refractivity contribution in [2.24, 2.45) is 33.2 Å². The van der Waals surface area contributed by atoms with Gasteiger partial charge in [-0.2, -0.15) is 8.42 Å². The van der Waals surface area contributed by atoms with Gasteiger partial charge >= 0.3 is 17.9 Å². The Labute approximate surface area is 582 Å². The van der Waals surface area contributed by atoms with Gasteiger partial charge in [-0.15, -0.1) is 4.40 Å². The lowest BCUT2D eigenvalue weighted by molar-refractivity contribution is -0.164. The molecular weight excluding hydrogens is 1380 g/mol. The largest absolute Gasteiger partial charge is 0.507 e. The van der Waals surface area contributed by atoms with E-state index in [4.69, 9.17) is 25.1 Å². The number of nitrogens with zero attached hydrogens (tertiary/aromatic N) is 4. The van der Waals surface area contributed by atoms with Crippen molar-refractivity contribution < 1.29 is 77.3 Å². The number of carbonyl (C=O) groups excluding carboxylic acids is 4. The maximum absolute atomic E-state index is 13.4. The molecule has 7 aromatic rings. The van der Waals surface area contributed by atoms with Gasteiger partial charge in [-0.25, -0.2) is 35.2 Å². The van der Waals surface area contributed by atoms with Crippen LogP contribution in [0.5, 0.6) is 11.5 Å². The Bertz CT molecular complexity index is 4800. The standard InChI is InChI=1S/C23H26N4O6S2.C20H29NO5.C18H23NO4.C7H11N3O4S2/c1-13(2)5-8-16-18-10-6-14(3)12-27(18)23(29)20(21(16)28)22-24-17-9-7-15(25-34(4,30)31)11-19(17)35(32,33)26-22;1-6-25-19(23)17(20(24)26-7-2)18(22)15(10-8-13(3)4)16-11-9-14(5)12-21-16;1-5-23-18(22)15-16(20)13(8-6-11(2)3)14-9-7-12(4)10-19(14)17(15)21;1-15(11,12)10-5-2-3-6(8)7(4-5)16(9,13)14/h6-7,9-13,25,28H,5,8H2,1-4H3,(H,24,26);9,11-13,15,17H,6-8,10H2,1-5H3;7,9-11,20H,5-6,8H2,1-4H3;2-4,10H,8H2,1H3,(H2,9,13,14). The quantitative estimate of drug-likeness (QED) is 0.0129. The Morgan fingerprint density at radius 3 is 1.58 bits per heavy atom. The van der Waals surface area contributed by atoms with Crippen LogP contribution in [0.15, 0.2) is 115 Å². The molecule has 1 aliphatic heterocycles. The molecule has 1 aliphatic rings. The molecule has 0 saturated carbocycles. The summed E-state index contributed by atoms with van der Waals surface area (Å²) in [5.74, 6) is -4.97. The minimum absolute atomic E-state index is 0.0402. The predicted octanol–water partition coefficient (Wildman–Crippen LogP) is 8.42. The molecule has 9 N–H and O–H groups in total. The number of Topliss-reactive ketones (excluding diaryl/α,β-unsaturated/α-hetero) is 1. The van der Waals surface area contributed by atoms with E-state index in [0.717, 1.165) is 60.6 Å². The molecular formula is C68H89N9O19S4. The summed E-state index contributed by atoms with van der Waals surface area (Å²) in [6, 6.07) is 18.5. The number of sulfonamides is 4. The van der Waals surface area contributed by atoms with Crippen LogP contribution in [0.4, 0.5) is 22.7 Å². The number of anilines is 4. The number of primary sulfonamides is 1. The molecule has 8 rings (SSSR count). The lowest BCUT2D eigenvalue weighted by atomic mass is 9.85. The van der Waals surface area contributed by atoms with E-state index in [-0.39, 0.29) is 80.8 Å². The molecule has 0 radical (unpaired) electrons. The molecule has 544 valence electrons. The molecule has 0 amide bonds. The fourth-order valence-electron chi connectivity index (χ4n) is 10.2. The molecule has 0 saturated heterocycles. The second-order valence-corrected chi connectivity index (χ2v) is 31.5. The number of benzene rings is 2. The number of aromatic hydroxyl groups is 2. The lowest BCUT2D eigenvalue weighted by Gasteiger charge is -2.21. The van der Waals surface area contributed by atoms with Crippen molar-refractivity contribution in [2.75, 3.05) is 52.8 Å². The maximum Gasteiger partial charge on any atom is 0.347 e. The van der Waals surface area contributed by atoms with E-state index in [1.54, 1.807) is 57.6 Å². The van der Waals surface area contributed by atoms with E-state index in [1.807, 2.05) is 52.8 Å². The number of nitrogens with two attached hydrogens (primary N) is 2. The molecule has 1 atom stereocenters. The number of fused-ring (bicyclic) bond motifs is 3. The average molecular weight is 1460 g/mol. The first-order valence-electron chi connectivity index (χ1n) is 31.9. The van der Waals surface area contributed by atoms with Gasteiger partial charge in [-0.3, -0.25) is 47.2 Å². The molecule has 100 heavy (non-hydrogen) atoms. The molecule has 32 heteroatoms. The highest BCUT2D eigenvalue weighted by Gasteiger charge is 2.41. The number of hydrogen-bond acceptors (Lipinski definition) is 22. The molecule has 0 fully saturated rings. The Morgan fingerprint density at radius 2 is 1.11 bits per heavy atom. The minimum atomic E-state index is -4.32. The van der Waals surface area contributed by atoms with Crippen molar-refractivity contribution in [1.82, 2.24) is 13.8 Å². The van der Waals surface area contributed by atoms with E-state index in [9.17, 15) is 72.7 Å². The fraction of sp³-hybridized carbons (Fsp3) is 0.412. The third-order valence-electron chi connectivity index (χ3n) is 15.0. The number of nitrogen functional groups attached to an aromatic ring is 1. The Balaban J connectivity index is 0.000000249. The number of pyridine rings is 5. The summed E-state index contributed by atoms with van der Waals surface area (Å²) in [6.07, 6.45) is 10.8. The van der Waals surface area contributed by atoms with Gasteiger partial charge in [0.25, 0.3) is 21.1 Å². The highest BCUT2D eigenvalue weighted by molar-refractivity contribution is 7.92. The van der Waals surface area contributed by atoms with Gasteiger partial charge in [-0.1, -0.05) is 59.7 Å². The highest BCUT2D eigenvalue weighted by atomic mass is 32.2. The van der Waals surface area contributed by atoms with Crippen LogP contribution in [-0.4, -0.2) is 120 Å². The molecule has 6 heterocycles. The number of hydrogen-bond donors (Lipinski definition) is 7. The van der Waals surface area contributed by atoms with Crippen LogP contribution in [0.25, 0.3) is 11.0 Å². The van der Waals surface area contributed by atoms with Gasteiger partial charge in [0.05, 0.1) is 66.4 Å². The molecule has 28 nitrogen and oxygen atoms in total. The van der Waals surface area contributed by atoms with E-state index >= 15 is 0 Å². The van der Waals surface area contributed by atoms with E-state index in [0.29, 0.717) is 64.9 Å². The molecule has 5 aromatic heterocycles. The van der Waals surface area contributed by atoms with Gasteiger partial charge in [-0.05, 0) is 169 Å². The van der Waals surface area contributed by atoms with Gasteiger partial charge in [0.1, 0.15) is 26.9 Å². The lowest BCUT2D eigenvalue weighted by Crippen LogP contribution is -2.38. The van der Waals surface area contributed by atoms with Crippen LogP contribution >= 0.6 is 0 Å². The van der Waals surface area contributed by atoms with E-state index < -0.39 is 86.7 Å². The summed E-state index contributed by atoms with van der Waals surface area (Å²) in [4.78, 5) is 79.6. The third-order valence-corrected chi connectivity index (χ3v) is 18.5. The van der Waals surface area contributed by atoms with Crippen molar-refractivity contribution >= 4 is 103 Å². The van der Waals surface area contributed by atoms with Gasteiger partial charge in [0.2, 0.25) is 36.0 Å². The van der Waals surface area contributed by atoms with Crippen molar-refractivity contribution in [2.45, 2.75) is 137 Å². The van der Waals surface area contributed by atoms with Crippen LogP contribution < -0.4 is 36.8 Å². The van der Waals surface area contributed by atoms with Crippen molar-refractivity contribution in [3.8, 4) is 11.5 Å². The third kappa shape index (κ3) is 22.1. The maximum atomic E-state index is 13.4. The number of ether oxygens (including phenoxy) is 3. The summed E-state index contributed by atoms with van der Waals surface area (Å²) >= 11 is 0. The van der Waals surface area contributed by atoms with E-state index in [2.05, 4.69) is 51.8 Å². The molecule has 2 aromatic carbocycles. The van der Waals surface area contributed by atoms with Crippen LogP contribution in [0.3, 0.4) is 0 Å². The fourth-order valence-corrected chi connectivity index (χ4v) is 13.1. The van der Waals surface area contributed by atoms with Crippen molar-refractivity contribution in [3.63, 3.8) is 0 Å². The number of esters is 3. The predicted molar refractivity (Wildman–Crippen MR) is 383 cm³/mol. The Kier molecular flexibility index (Phi) is 28.3. The summed E-state index contributed by atoms with van der Waals surface area (Å²) in [5, 5.41) is 29.5. The van der Waals surface area contributed by atoms with Crippen LogP contribution in [0.1, 0.15) is 143 Å². The van der Waals surface area contributed by atoms with Crippen molar-refractivity contribution in [3.05, 3.63) is 157 Å². The average Bonchev–Trinajstić information content (AvgIpc) is 0.747. The number of rotatable bonds is 24. The first kappa shape index (κ1) is 81.4. The Morgan fingerprint density at radius 1 is 0.630 bits per heavy atom. The monoisotopic (exact) mass is 1460 g/mol. The van der Waals surface area contributed by atoms with Crippen LogP contribution in [0, 0.1) is 44.4 Å². The number of aromatic nitrogens is 3. The molecule has 0 spiro atoms. The number of carbonyl (C=O) groups is 4. The van der Waals surface area contributed by atoms with E-state index in [1.165, 1.54) is 33.1 Å². The molecule has 0 bridgehead atoms. The number of aryl methyl sites for hydroxylation is 5. The van der Waals surface area contributed by atoms with Crippen LogP contribution in [-0.2, 0) is 81.5 Å². The number of ketones is 1. The van der Waals surface area contributed by atoms with Crippen molar-refractivity contribution in [1.29, 1.82) is 0 Å². The van der Waals surface area contributed by atoms with Crippen LogP contribution in [0.2, 0.25) is 0 Å². The highest BCUT2D eigenvalue weighted by Crippen LogP contribution is 2.36. The zero-order valence-corrected chi connectivity index (χ0v) is 61.6. The summed E-state index contributed by atoms with van der Waals surface area (Å²) in [7, 11) is -15.4. The second kappa shape index (κ2) is 34.7. The number of nitrogens with one attached hydrogen (secondary N) is 3. The minimum Gasteiger partial charge on any atom is -0.507 e. The smallest absolute Gasteiger partial charge is 0.347 e. The summed E-state index contributed by atoms with van der Waals surface area (Å²) < 4.78 is 119. The first-order valence-corrected chi connectivity index (χ1v) is 38.7. The SMILES string of the molecule is CCOC(=O)C(C(=O)OCC)C(=O)C(CCC(C)C)c1ccc(C)cn1.CCOC(=O)c1c(O)c(CCC(C)C)c2ccc(C)cn2c1=O.CS(=O)(=O)Nc1ccc(N)c(S(N)(=O)=O)c1.Cc1ccc2c(CCC(C)C)c(O)c(C3=NS(=O)(=O)c4cc(NS(C)(=O)=O)ccc4N3)c(=O)n2c1. The van der Waals surface area contributed by atoms with Gasteiger partial charge in [0.15, 0.2) is 17.2 Å². The summed E-state index contributed by atoms with van der Waals surface area (Å²) in [5.41, 5.74) is 9.44. The zero-order valence-electron chi connectivity index (χ0n) is 58.3. The first-order chi connectivity index (χ1) is 46.5. The second-order valence-electron chi connectivity index (χ2n) is 24.9. The Hall–Kier alpha value is -9.24. The molecule has 1 unspecified atom stereocenters. The molecule has 0 aliphatic carbocycles.